The summed E-state index contributed by atoms with van der Waals surface area (Å²) in [5.41, 5.74) is 0.911. The van der Waals surface area contributed by atoms with Crippen LogP contribution in [0.3, 0.4) is 0 Å². The van der Waals surface area contributed by atoms with Gasteiger partial charge < -0.3 is 4.74 Å². The number of benzene rings is 2. The van der Waals surface area contributed by atoms with Gasteiger partial charge in [-0.05, 0) is 18.2 Å². The summed E-state index contributed by atoms with van der Waals surface area (Å²) in [5.74, 6) is 4.08. The molecule has 0 saturated heterocycles. The van der Waals surface area contributed by atoms with Crippen molar-refractivity contribution in [3.05, 3.63) is 66.6 Å². The van der Waals surface area contributed by atoms with E-state index in [9.17, 15) is 0 Å². The molecule has 77 valence electrons. The zero-order valence-corrected chi connectivity index (χ0v) is 8.76. The van der Waals surface area contributed by atoms with Crippen LogP contribution in [0, 0.1) is 18.8 Å². The first-order valence-corrected chi connectivity index (χ1v) is 5.01. The molecule has 0 aliphatic carbocycles. The lowest BCUT2D eigenvalue weighted by Crippen LogP contribution is -1.88. The van der Waals surface area contributed by atoms with Crippen LogP contribution in [0.4, 0.5) is 0 Å². The van der Waals surface area contributed by atoms with Crippen molar-refractivity contribution in [2.75, 3.05) is 0 Å². The highest BCUT2D eigenvalue weighted by molar-refractivity contribution is 5.45. The van der Waals surface area contributed by atoms with Gasteiger partial charge in [0.05, 0.1) is 6.42 Å². The molecule has 2 aromatic carbocycles. The molecular weight excluding hydrogens is 196 g/mol. The third-order valence-electron chi connectivity index (χ3n) is 2.13. The quantitative estimate of drug-likeness (QED) is 0.698. The Morgan fingerprint density at radius 3 is 2.38 bits per heavy atom. The summed E-state index contributed by atoms with van der Waals surface area (Å²) in [6, 6.07) is 17.3. The van der Waals surface area contributed by atoms with Crippen molar-refractivity contribution in [2.24, 2.45) is 0 Å². The van der Waals surface area contributed by atoms with Crippen LogP contribution in [0.25, 0.3) is 0 Å². The van der Waals surface area contributed by atoms with E-state index in [4.69, 9.17) is 11.2 Å². The van der Waals surface area contributed by atoms with E-state index in [-0.39, 0.29) is 0 Å². The van der Waals surface area contributed by atoms with Crippen LogP contribution >= 0.6 is 0 Å². The molecular formula is C15H11O. The Balaban J connectivity index is 2.25. The molecule has 2 rings (SSSR count). The van der Waals surface area contributed by atoms with Crippen molar-refractivity contribution in [1.82, 2.24) is 0 Å². The lowest BCUT2D eigenvalue weighted by molar-refractivity contribution is 0.480. The van der Waals surface area contributed by atoms with Gasteiger partial charge in [-0.15, -0.1) is 6.42 Å². The highest BCUT2D eigenvalue weighted by atomic mass is 16.5. The third-order valence-corrected chi connectivity index (χ3v) is 2.13. The Morgan fingerprint density at radius 1 is 0.938 bits per heavy atom. The van der Waals surface area contributed by atoms with E-state index in [1.165, 1.54) is 0 Å². The largest absolute Gasteiger partial charge is 0.457 e. The molecule has 0 heterocycles. The Bertz CT molecular complexity index is 494. The molecule has 0 spiro atoms. The van der Waals surface area contributed by atoms with E-state index in [0.29, 0.717) is 0 Å². The first-order valence-electron chi connectivity index (χ1n) is 5.01. The first-order chi connectivity index (χ1) is 7.90. The zero-order valence-electron chi connectivity index (χ0n) is 8.76. The van der Waals surface area contributed by atoms with E-state index in [0.717, 1.165) is 17.1 Å². The van der Waals surface area contributed by atoms with Crippen LogP contribution in [0.5, 0.6) is 11.5 Å². The van der Waals surface area contributed by atoms with E-state index in [2.05, 4.69) is 5.92 Å². The molecule has 1 radical (unpaired) electrons. The fourth-order valence-electron chi connectivity index (χ4n) is 1.40. The standard InChI is InChI=1S/C15H11O/c1-2-8-13-9-6-7-12-15(13)16-14-10-4-3-5-11-14/h1,3-12H. The van der Waals surface area contributed by atoms with Crippen molar-refractivity contribution in [2.45, 2.75) is 0 Å². The maximum atomic E-state index is 5.74. The average Bonchev–Trinajstić information content (AvgIpc) is 2.33. The molecule has 0 atom stereocenters. The zero-order chi connectivity index (χ0) is 11.2. The smallest absolute Gasteiger partial charge is 0.131 e. The fourth-order valence-corrected chi connectivity index (χ4v) is 1.40. The molecule has 0 aromatic heterocycles. The summed E-state index contributed by atoms with van der Waals surface area (Å²) in [7, 11) is 0. The van der Waals surface area contributed by atoms with Crippen molar-refractivity contribution in [3.63, 3.8) is 0 Å². The second-order valence-electron chi connectivity index (χ2n) is 3.26. The average molecular weight is 207 g/mol. The van der Waals surface area contributed by atoms with Gasteiger partial charge in [0, 0.05) is 5.56 Å². The summed E-state index contributed by atoms with van der Waals surface area (Å²) in [6.45, 7) is 0. The number of terminal acetylenes is 1. The Labute approximate surface area is 95.7 Å². The van der Waals surface area contributed by atoms with Gasteiger partial charge in [0.1, 0.15) is 11.5 Å². The molecule has 0 amide bonds. The minimum atomic E-state index is 0.770. The lowest BCUT2D eigenvalue weighted by atomic mass is 10.1. The van der Waals surface area contributed by atoms with Crippen LogP contribution in [0.2, 0.25) is 0 Å². The normalized spacial score (nSPS) is 9.44. The Kier molecular flexibility index (Phi) is 3.25. The molecule has 16 heavy (non-hydrogen) atoms. The van der Waals surface area contributed by atoms with Gasteiger partial charge >= 0.3 is 0 Å². The summed E-state index contributed by atoms with van der Waals surface area (Å²) in [4.78, 5) is 0. The second-order valence-corrected chi connectivity index (χ2v) is 3.26. The highest BCUT2D eigenvalue weighted by Crippen LogP contribution is 2.25. The topological polar surface area (TPSA) is 9.23 Å². The molecule has 0 aliphatic heterocycles. The van der Waals surface area contributed by atoms with Crippen molar-refractivity contribution in [1.29, 1.82) is 0 Å². The van der Waals surface area contributed by atoms with Crippen LogP contribution in [0.1, 0.15) is 5.56 Å². The minimum Gasteiger partial charge on any atom is -0.457 e. The molecule has 0 N–H and O–H groups in total. The van der Waals surface area contributed by atoms with Gasteiger partial charge in [-0.25, -0.2) is 0 Å². The van der Waals surface area contributed by atoms with Gasteiger partial charge in [-0.3, -0.25) is 0 Å². The van der Waals surface area contributed by atoms with E-state index < -0.39 is 0 Å². The molecule has 0 aliphatic rings. The van der Waals surface area contributed by atoms with Gasteiger partial charge in [-0.2, -0.15) is 0 Å². The van der Waals surface area contributed by atoms with Crippen LogP contribution in [-0.2, 0) is 0 Å². The molecule has 0 fully saturated rings. The van der Waals surface area contributed by atoms with E-state index in [1.54, 1.807) is 6.42 Å². The lowest BCUT2D eigenvalue weighted by Gasteiger charge is -2.08. The predicted octanol–water partition coefficient (Wildman–Crippen LogP) is 3.66. The molecule has 1 heteroatoms. The van der Waals surface area contributed by atoms with Gasteiger partial charge in [-0.1, -0.05) is 42.3 Å². The molecule has 0 unspecified atom stereocenters. The van der Waals surface area contributed by atoms with E-state index in [1.807, 2.05) is 54.6 Å². The van der Waals surface area contributed by atoms with Crippen LogP contribution in [-0.4, -0.2) is 0 Å². The molecule has 2 aromatic rings. The number of hydrogen-bond donors (Lipinski definition) is 0. The second kappa shape index (κ2) is 5.04. The van der Waals surface area contributed by atoms with Crippen molar-refractivity contribution >= 4 is 0 Å². The summed E-state index contributed by atoms with van der Waals surface area (Å²) >= 11 is 0. The number of rotatable bonds is 3. The van der Waals surface area contributed by atoms with Gasteiger partial charge in [0.25, 0.3) is 0 Å². The van der Waals surface area contributed by atoms with Crippen molar-refractivity contribution in [3.8, 4) is 23.8 Å². The van der Waals surface area contributed by atoms with E-state index >= 15 is 0 Å². The van der Waals surface area contributed by atoms with Crippen LogP contribution in [0.15, 0.2) is 54.6 Å². The monoisotopic (exact) mass is 207 g/mol. The highest BCUT2D eigenvalue weighted by Gasteiger charge is 2.02. The Hall–Kier alpha value is -2.20. The van der Waals surface area contributed by atoms with Crippen molar-refractivity contribution < 1.29 is 4.74 Å². The number of ether oxygens (including phenoxy) is 1. The number of para-hydroxylation sites is 2. The molecule has 1 nitrogen and oxygen atoms in total. The molecule has 0 saturated carbocycles. The predicted molar refractivity (Wildman–Crippen MR) is 65.2 cm³/mol. The number of hydrogen-bond acceptors (Lipinski definition) is 1. The van der Waals surface area contributed by atoms with Gasteiger partial charge in [0.2, 0.25) is 0 Å². The summed E-state index contributed by atoms with van der Waals surface area (Å²) < 4.78 is 5.74. The fraction of sp³-hybridized carbons (Fsp3) is 0. The first kappa shape index (κ1) is 10.3. The maximum absolute atomic E-state index is 5.74. The SMILES string of the molecule is C#C[CH]c1ccccc1Oc1ccccc1. The maximum Gasteiger partial charge on any atom is 0.131 e. The minimum absolute atomic E-state index is 0.770. The van der Waals surface area contributed by atoms with Crippen LogP contribution < -0.4 is 4.74 Å². The summed E-state index contributed by atoms with van der Waals surface area (Å²) in [6.07, 6.45) is 6.95. The Morgan fingerprint density at radius 2 is 1.62 bits per heavy atom. The van der Waals surface area contributed by atoms with Gasteiger partial charge in [0.15, 0.2) is 0 Å². The molecule has 0 bridgehead atoms. The third kappa shape index (κ3) is 2.43. The summed E-state index contributed by atoms with van der Waals surface area (Å²) in [5, 5.41) is 0.